The maximum atomic E-state index is 12.3. The third-order valence-corrected chi connectivity index (χ3v) is 4.73. The number of hydrogen-bond acceptors (Lipinski definition) is 5. The molecule has 29 heavy (non-hydrogen) atoms. The minimum atomic E-state index is -0.651. The molecule has 1 heterocycles. The molecule has 1 unspecified atom stereocenters. The van der Waals surface area contributed by atoms with E-state index in [0.717, 1.165) is 0 Å². The number of benzene rings is 2. The van der Waals surface area contributed by atoms with Gasteiger partial charge >= 0.3 is 5.97 Å². The van der Waals surface area contributed by atoms with Gasteiger partial charge in [-0.25, -0.2) is 0 Å². The molecule has 0 aromatic heterocycles. The number of carbonyl (C=O) groups excluding carboxylic acids is 3. The number of carbonyl (C=O) groups is 3. The summed E-state index contributed by atoms with van der Waals surface area (Å²) in [5.41, 5.74) is 1.05. The molecule has 1 atom stereocenters. The van der Waals surface area contributed by atoms with Crippen LogP contribution in [0.2, 0.25) is 5.02 Å². The normalized spacial score (nSPS) is 15.9. The van der Waals surface area contributed by atoms with Crippen molar-refractivity contribution in [2.24, 2.45) is 5.92 Å². The van der Waals surface area contributed by atoms with Gasteiger partial charge in [-0.2, -0.15) is 0 Å². The Balaban J connectivity index is 1.54. The lowest BCUT2D eigenvalue weighted by Crippen LogP contribution is -2.28. The van der Waals surface area contributed by atoms with Gasteiger partial charge in [0.05, 0.1) is 28.9 Å². The zero-order valence-corrected chi connectivity index (χ0v) is 16.6. The molecular formula is C21H21ClN2O5. The molecule has 1 N–H and O–H groups in total. The number of nitrogens with zero attached hydrogens (tertiary/aromatic N) is 1. The SMILES string of the molecule is CCOc1ccccc1NC(=O)COC(=O)C1CC(=O)N(c2ccccc2Cl)C1. The van der Waals surface area contributed by atoms with Crippen molar-refractivity contribution in [3.05, 3.63) is 53.6 Å². The first-order valence-corrected chi connectivity index (χ1v) is 9.60. The van der Waals surface area contributed by atoms with Gasteiger partial charge < -0.3 is 19.7 Å². The minimum Gasteiger partial charge on any atom is -0.492 e. The zero-order chi connectivity index (χ0) is 20.8. The van der Waals surface area contributed by atoms with Gasteiger partial charge in [-0.3, -0.25) is 14.4 Å². The van der Waals surface area contributed by atoms with E-state index in [1.54, 1.807) is 48.5 Å². The second-order valence-electron chi connectivity index (χ2n) is 6.44. The first kappa shape index (κ1) is 20.7. The number of esters is 1. The van der Waals surface area contributed by atoms with E-state index < -0.39 is 24.4 Å². The summed E-state index contributed by atoms with van der Waals surface area (Å²) in [6, 6.07) is 13.9. The van der Waals surface area contributed by atoms with Crippen molar-refractivity contribution in [3.63, 3.8) is 0 Å². The molecule has 1 aliphatic rings. The topological polar surface area (TPSA) is 84.9 Å². The average Bonchev–Trinajstić information content (AvgIpc) is 3.10. The van der Waals surface area contributed by atoms with Crippen LogP contribution in [0.5, 0.6) is 5.75 Å². The van der Waals surface area contributed by atoms with Crippen LogP contribution in [0, 0.1) is 5.92 Å². The van der Waals surface area contributed by atoms with Crippen LogP contribution in [-0.4, -0.2) is 37.5 Å². The molecule has 7 nitrogen and oxygen atoms in total. The van der Waals surface area contributed by atoms with Crippen molar-refractivity contribution < 1.29 is 23.9 Å². The lowest BCUT2D eigenvalue weighted by atomic mass is 10.1. The second kappa shape index (κ2) is 9.43. The lowest BCUT2D eigenvalue weighted by molar-refractivity contribution is -0.151. The predicted octanol–water partition coefficient (Wildman–Crippen LogP) is 3.27. The van der Waals surface area contributed by atoms with Crippen molar-refractivity contribution in [1.29, 1.82) is 0 Å². The van der Waals surface area contributed by atoms with Gasteiger partial charge in [0.25, 0.3) is 5.91 Å². The van der Waals surface area contributed by atoms with E-state index in [4.69, 9.17) is 21.1 Å². The largest absolute Gasteiger partial charge is 0.492 e. The molecule has 152 valence electrons. The first-order valence-electron chi connectivity index (χ1n) is 9.22. The van der Waals surface area contributed by atoms with Gasteiger partial charge in [-0.15, -0.1) is 0 Å². The van der Waals surface area contributed by atoms with Crippen molar-refractivity contribution >= 4 is 40.8 Å². The van der Waals surface area contributed by atoms with Crippen molar-refractivity contribution in [2.75, 3.05) is 30.0 Å². The Morgan fingerprint density at radius 1 is 1.17 bits per heavy atom. The fourth-order valence-electron chi connectivity index (χ4n) is 3.06. The fourth-order valence-corrected chi connectivity index (χ4v) is 3.30. The van der Waals surface area contributed by atoms with Gasteiger partial charge in [-0.1, -0.05) is 35.9 Å². The van der Waals surface area contributed by atoms with E-state index in [1.807, 2.05) is 6.92 Å². The van der Waals surface area contributed by atoms with Gasteiger partial charge in [-0.05, 0) is 31.2 Å². The summed E-state index contributed by atoms with van der Waals surface area (Å²) in [4.78, 5) is 38.2. The lowest BCUT2D eigenvalue weighted by Gasteiger charge is -2.17. The molecule has 2 aromatic carbocycles. The third kappa shape index (κ3) is 5.06. The summed E-state index contributed by atoms with van der Waals surface area (Å²) in [5, 5.41) is 3.09. The summed E-state index contributed by atoms with van der Waals surface area (Å²) in [6.45, 7) is 2.01. The van der Waals surface area contributed by atoms with Crippen LogP contribution in [0.3, 0.4) is 0 Å². The Morgan fingerprint density at radius 3 is 2.66 bits per heavy atom. The van der Waals surface area contributed by atoms with Crippen LogP contribution in [-0.2, 0) is 19.1 Å². The smallest absolute Gasteiger partial charge is 0.311 e. The molecule has 1 fully saturated rings. The highest BCUT2D eigenvalue weighted by atomic mass is 35.5. The molecule has 1 aliphatic heterocycles. The van der Waals surface area contributed by atoms with E-state index in [9.17, 15) is 14.4 Å². The standard InChI is InChI=1S/C21H21ClN2O5/c1-2-28-18-10-6-4-8-16(18)23-19(25)13-29-21(27)14-11-20(26)24(12-14)17-9-5-3-7-15(17)22/h3-10,14H,2,11-13H2,1H3,(H,23,25). The van der Waals surface area contributed by atoms with Crippen molar-refractivity contribution in [2.45, 2.75) is 13.3 Å². The number of hydrogen-bond donors (Lipinski definition) is 1. The Bertz CT molecular complexity index is 917. The predicted molar refractivity (Wildman–Crippen MR) is 109 cm³/mol. The van der Waals surface area contributed by atoms with E-state index in [-0.39, 0.29) is 18.9 Å². The van der Waals surface area contributed by atoms with Crippen LogP contribution in [0.15, 0.2) is 48.5 Å². The Kier molecular flexibility index (Phi) is 6.72. The summed E-state index contributed by atoms with van der Waals surface area (Å²) in [6.07, 6.45) is 0.0127. The maximum absolute atomic E-state index is 12.3. The van der Waals surface area contributed by atoms with Crippen molar-refractivity contribution in [3.8, 4) is 5.75 Å². The summed E-state index contributed by atoms with van der Waals surface area (Å²) >= 11 is 6.14. The maximum Gasteiger partial charge on any atom is 0.311 e. The van der Waals surface area contributed by atoms with Crippen LogP contribution >= 0.6 is 11.6 Å². The highest BCUT2D eigenvalue weighted by molar-refractivity contribution is 6.33. The monoisotopic (exact) mass is 416 g/mol. The highest BCUT2D eigenvalue weighted by Crippen LogP contribution is 2.31. The minimum absolute atomic E-state index is 0.0127. The Hall–Kier alpha value is -3.06. The molecule has 0 radical (unpaired) electrons. The number of ether oxygens (including phenoxy) is 2. The van der Waals surface area contributed by atoms with Crippen LogP contribution in [0.25, 0.3) is 0 Å². The summed E-state index contributed by atoms with van der Waals surface area (Å²) in [5.74, 6) is -1.41. The third-order valence-electron chi connectivity index (χ3n) is 4.41. The molecule has 1 saturated heterocycles. The Labute approximate surface area is 173 Å². The van der Waals surface area contributed by atoms with Crippen LogP contribution in [0.1, 0.15) is 13.3 Å². The first-order chi connectivity index (χ1) is 14.0. The molecule has 0 bridgehead atoms. The highest BCUT2D eigenvalue weighted by Gasteiger charge is 2.37. The molecule has 0 spiro atoms. The number of amides is 2. The number of anilines is 2. The number of para-hydroxylation sites is 3. The number of nitrogens with one attached hydrogen (secondary N) is 1. The van der Waals surface area contributed by atoms with Gasteiger partial charge in [0.1, 0.15) is 5.75 Å². The van der Waals surface area contributed by atoms with E-state index >= 15 is 0 Å². The molecule has 0 aliphatic carbocycles. The molecule has 8 heteroatoms. The fraction of sp³-hybridized carbons (Fsp3) is 0.286. The molecule has 3 rings (SSSR count). The van der Waals surface area contributed by atoms with Gasteiger partial charge in [0.2, 0.25) is 5.91 Å². The molecule has 2 aromatic rings. The Morgan fingerprint density at radius 2 is 1.90 bits per heavy atom. The molecular weight excluding hydrogens is 396 g/mol. The van der Waals surface area contributed by atoms with E-state index in [1.165, 1.54) is 4.90 Å². The van der Waals surface area contributed by atoms with Gasteiger partial charge in [0.15, 0.2) is 6.61 Å². The van der Waals surface area contributed by atoms with Crippen LogP contribution < -0.4 is 15.0 Å². The zero-order valence-electron chi connectivity index (χ0n) is 15.9. The second-order valence-corrected chi connectivity index (χ2v) is 6.85. The average molecular weight is 417 g/mol. The van der Waals surface area contributed by atoms with Gasteiger partial charge in [0, 0.05) is 13.0 Å². The quantitative estimate of drug-likeness (QED) is 0.700. The summed E-state index contributed by atoms with van der Waals surface area (Å²) in [7, 11) is 0. The van der Waals surface area contributed by atoms with Crippen molar-refractivity contribution in [1.82, 2.24) is 0 Å². The summed E-state index contributed by atoms with van der Waals surface area (Å²) < 4.78 is 10.6. The van der Waals surface area contributed by atoms with E-state index in [0.29, 0.717) is 28.8 Å². The van der Waals surface area contributed by atoms with E-state index in [2.05, 4.69) is 5.32 Å². The molecule has 0 saturated carbocycles. The number of rotatable bonds is 7. The van der Waals surface area contributed by atoms with Crippen LogP contribution in [0.4, 0.5) is 11.4 Å². The molecule has 2 amide bonds. The number of halogens is 1.